The van der Waals surface area contributed by atoms with Gasteiger partial charge < -0.3 is 15.4 Å². The number of nitrogens with zero attached hydrogens (tertiary/aromatic N) is 1. The Morgan fingerprint density at radius 1 is 1.27 bits per heavy atom. The molecular formula is C18H22FN3O4. The summed E-state index contributed by atoms with van der Waals surface area (Å²) in [5.74, 6) is -2.83. The van der Waals surface area contributed by atoms with Gasteiger partial charge in [0.1, 0.15) is 17.9 Å². The first-order valence-electron chi connectivity index (χ1n) is 8.05. The van der Waals surface area contributed by atoms with Crippen molar-refractivity contribution in [1.29, 1.82) is 5.26 Å². The summed E-state index contributed by atoms with van der Waals surface area (Å²) in [5, 5.41) is 13.8. The first-order valence-corrected chi connectivity index (χ1v) is 8.05. The molecule has 1 aromatic carbocycles. The summed E-state index contributed by atoms with van der Waals surface area (Å²) >= 11 is 0. The highest BCUT2D eigenvalue weighted by molar-refractivity contribution is 5.90. The number of rotatable bonds is 8. The van der Waals surface area contributed by atoms with Gasteiger partial charge in [0.2, 0.25) is 11.8 Å². The van der Waals surface area contributed by atoms with Gasteiger partial charge in [0, 0.05) is 25.7 Å². The van der Waals surface area contributed by atoms with Crippen molar-refractivity contribution in [2.75, 3.05) is 7.11 Å². The Bertz CT molecular complexity index is 702. The molecule has 3 atom stereocenters. The molecule has 7 nitrogen and oxygen atoms in total. The van der Waals surface area contributed by atoms with E-state index < -0.39 is 41.6 Å². The predicted octanol–water partition coefficient (Wildman–Crippen LogP) is 1.08. The molecule has 0 radical (unpaired) electrons. The van der Waals surface area contributed by atoms with Gasteiger partial charge in [-0.15, -0.1) is 0 Å². The number of methoxy groups -OCH3 is 1. The Labute approximate surface area is 151 Å². The van der Waals surface area contributed by atoms with E-state index in [-0.39, 0.29) is 18.4 Å². The maximum absolute atomic E-state index is 13.9. The molecule has 8 heteroatoms. The number of carbonyl (C=O) groups excluding carboxylic acids is 3. The minimum Gasteiger partial charge on any atom is -0.467 e. The van der Waals surface area contributed by atoms with Crippen LogP contribution in [0.3, 0.4) is 0 Å². The van der Waals surface area contributed by atoms with Crippen LogP contribution in [0.1, 0.15) is 25.8 Å². The van der Waals surface area contributed by atoms with Gasteiger partial charge in [0.15, 0.2) is 0 Å². The van der Waals surface area contributed by atoms with E-state index in [9.17, 15) is 18.8 Å². The second kappa shape index (κ2) is 10.1. The topological polar surface area (TPSA) is 108 Å². The van der Waals surface area contributed by atoms with Crippen LogP contribution >= 0.6 is 0 Å². The second-order valence-electron chi connectivity index (χ2n) is 5.90. The Morgan fingerprint density at radius 2 is 1.92 bits per heavy atom. The Hall–Kier alpha value is -2.95. The lowest BCUT2D eigenvalue weighted by molar-refractivity contribution is -0.146. The van der Waals surface area contributed by atoms with E-state index >= 15 is 0 Å². The average molecular weight is 363 g/mol. The number of hydrogen-bond acceptors (Lipinski definition) is 5. The highest BCUT2D eigenvalue weighted by atomic mass is 19.1. The van der Waals surface area contributed by atoms with Crippen LogP contribution in [0, 0.1) is 23.1 Å². The first-order chi connectivity index (χ1) is 12.3. The number of esters is 1. The van der Waals surface area contributed by atoms with Crippen molar-refractivity contribution in [3.8, 4) is 6.07 Å². The fourth-order valence-electron chi connectivity index (χ4n) is 2.41. The maximum Gasteiger partial charge on any atom is 0.328 e. The molecule has 0 spiro atoms. The monoisotopic (exact) mass is 363 g/mol. The van der Waals surface area contributed by atoms with Crippen molar-refractivity contribution in [3.05, 3.63) is 35.6 Å². The van der Waals surface area contributed by atoms with Crippen molar-refractivity contribution >= 4 is 17.8 Å². The molecule has 1 aromatic rings. The smallest absolute Gasteiger partial charge is 0.328 e. The average Bonchev–Trinajstić information content (AvgIpc) is 2.59. The SMILES string of the molecule is COC(=O)[C@H](NC(=O)[C@H](Cc1ccccc1F)NC(C)=O)[C@H](C)CC#N. The third-order valence-electron chi connectivity index (χ3n) is 3.81. The number of halogens is 1. The number of amides is 2. The molecule has 0 aromatic heterocycles. The highest BCUT2D eigenvalue weighted by Gasteiger charge is 2.31. The third-order valence-corrected chi connectivity index (χ3v) is 3.81. The summed E-state index contributed by atoms with van der Waals surface area (Å²) in [5.41, 5.74) is 0.251. The van der Waals surface area contributed by atoms with Gasteiger partial charge in [0.25, 0.3) is 0 Å². The minimum absolute atomic E-state index is 0.0260. The lowest BCUT2D eigenvalue weighted by Crippen LogP contribution is -2.54. The van der Waals surface area contributed by atoms with Gasteiger partial charge in [-0.3, -0.25) is 9.59 Å². The van der Waals surface area contributed by atoms with Crippen molar-refractivity contribution in [1.82, 2.24) is 10.6 Å². The third kappa shape index (κ3) is 6.16. The van der Waals surface area contributed by atoms with E-state index in [2.05, 4.69) is 15.4 Å². The number of benzene rings is 1. The molecule has 0 saturated carbocycles. The van der Waals surface area contributed by atoms with Crippen LogP contribution in [-0.4, -0.2) is 37.0 Å². The summed E-state index contributed by atoms with van der Waals surface area (Å²) in [6.07, 6.45) is -0.0588. The fourth-order valence-corrected chi connectivity index (χ4v) is 2.41. The predicted molar refractivity (Wildman–Crippen MR) is 91.0 cm³/mol. The molecule has 0 aliphatic rings. The van der Waals surface area contributed by atoms with Gasteiger partial charge in [0.05, 0.1) is 13.2 Å². The maximum atomic E-state index is 13.9. The Balaban J connectivity index is 2.99. The first kappa shape index (κ1) is 21.1. The van der Waals surface area contributed by atoms with Gasteiger partial charge >= 0.3 is 5.97 Å². The van der Waals surface area contributed by atoms with Crippen LogP contribution in [0.5, 0.6) is 0 Å². The van der Waals surface area contributed by atoms with E-state index in [1.165, 1.54) is 32.2 Å². The molecule has 0 bridgehead atoms. The molecule has 1 rings (SSSR count). The quantitative estimate of drug-likeness (QED) is 0.672. The number of ether oxygens (including phenoxy) is 1. The lowest BCUT2D eigenvalue weighted by Gasteiger charge is -2.24. The van der Waals surface area contributed by atoms with Crippen LogP contribution in [0.4, 0.5) is 4.39 Å². The van der Waals surface area contributed by atoms with Crippen LogP contribution < -0.4 is 10.6 Å². The van der Waals surface area contributed by atoms with Crippen LogP contribution in [0.25, 0.3) is 0 Å². The zero-order chi connectivity index (χ0) is 19.7. The minimum atomic E-state index is -1.08. The van der Waals surface area contributed by atoms with Crippen molar-refractivity contribution in [2.24, 2.45) is 5.92 Å². The molecule has 2 amide bonds. The molecule has 0 aliphatic carbocycles. The summed E-state index contributed by atoms with van der Waals surface area (Å²) in [4.78, 5) is 35.9. The lowest BCUT2D eigenvalue weighted by atomic mass is 9.97. The summed E-state index contributed by atoms with van der Waals surface area (Å²) in [7, 11) is 1.17. The van der Waals surface area contributed by atoms with Crippen LogP contribution in [0.15, 0.2) is 24.3 Å². The summed E-state index contributed by atoms with van der Waals surface area (Å²) < 4.78 is 18.5. The van der Waals surface area contributed by atoms with Crippen LogP contribution in [-0.2, 0) is 25.5 Å². The Morgan fingerprint density at radius 3 is 2.46 bits per heavy atom. The van der Waals surface area contributed by atoms with Gasteiger partial charge in [-0.25, -0.2) is 9.18 Å². The highest BCUT2D eigenvalue weighted by Crippen LogP contribution is 2.12. The molecule has 0 saturated heterocycles. The molecule has 0 heterocycles. The van der Waals surface area contributed by atoms with Gasteiger partial charge in [-0.05, 0) is 11.6 Å². The molecule has 0 aliphatic heterocycles. The molecule has 26 heavy (non-hydrogen) atoms. The second-order valence-corrected chi connectivity index (χ2v) is 5.90. The molecule has 0 fully saturated rings. The van der Waals surface area contributed by atoms with E-state index in [4.69, 9.17) is 5.26 Å². The number of nitrogens with one attached hydrogen (secondary N) is 2. The molecule has 0 unspecified atom stereocenters. The van der Waals surface area contributed by atoms with E-state index in [1.54, 1.807) is 13.0 Å². The molecular weight excluding hydrogens is 341 g/mol. The normalized spacial score (nSPS) is 13.7. The zero-order valence-electron chi connectivity index (χ0n) is 14.9. The standard InChI is InChI=1S/C18H22FN3O4/c1-11(8-9-20)16(18(25)26-3)22-17(24)15(21-12(2)23)10-13-6-4-5-7-14(13)19/h4-7,11,15-16H,8,10H2,1-3H3,(H,21,23)(H,22,24)/t11-,15+,16-/m1/s1. The summed E-state index contributed by atoms with van der Waals surface area (Å²) in [6, 6.07) is 5.70. The number of hydrogen-bond donors (Lipinski definition) is 2. The van der Waals surface area contributed by atoms with Gasteiger partial charge in [-0.1, -0.05) is 25.1 Å². The molecule has 140 valence electrons. The fraction of sp³-hybridized carbons (Fsp3) is 0.444. The number of nitriles is 1. The zero-order valence-corrected chi connectivity index (χ0v) is 14.9. The summed E-state index contributed by atoms with van der Waals surface area (Å²) in [6.45, 7) is 2.85. The number of carbonyl (C=O) groups is 3. The van der Waals surface area contributed by atoms with Crippen LogP contribution in [0.2, 0.25) is 0 Å². The van der Waals surface area contributed by atoms with Crippen molar-refractivity contribution in [2.45, 2.75) is 38.8 Å². The Kier molecular flexibility index (Phi) is 8.22. The van der Waals surface area contributed by atoms with Gasteiger partial charge in [-0.2, -0.15) is 5.26 Å². The van der Waals surface area contributed by atoms with Crippen molar-refractivity contribution < 1.29 is 23.5 Å². The van der Waals surface area contributed by atoms with E-state index in [0.717, 1.165) is 0 Å². The molecule has 2 N–H and O–H groups in total. The van der Waals surface area contributed by atoms with E-state index in [1.807, 2.05) is 6.07 Å². The van der Waals surface area contributed by atoms with E-state index in [0.29, 0.717) is 0 Å². The van der Waals surface area contributed by atoms with Crippen molar-refractivity contribution in [3.63, 3.8) is 0 Å². The largest absolute Gasteiger partial charge is 0.467 e.